The molecule has 0 N–H and O–H groups in total. The Hall–Kier alpha value is -1.88. The van der Waals surface area contributed by atoms with Crippen molar-refractivity contribution in [2.75, 3.05) is 25.5 Å². The third-order valence-corrected chi connectivity index (χ3v) is 7.37. The highest BCUT2D eigenvalue weighted by Gasteiger charge is 2.25. The highest BCUT2D eigenvalue weighted by atomic mass is 32.2. The first-order valence-electron chi connectivity index (χ1n) is 9.63. The van der Waals surface area contributed by atoms with Crippen molar-refractivity contribution < 1.29 is 0 Å². The van der Waals surface area contributed by atoms with Crippen LogP contribution in [0.3, 0.4) is 0 Å². The van der Waals surface area contributed by atoms with Gasteiger partial charge in [0.25, 0.3) is 0 Å². The van der Waals surface area contributed by atoms with Crippen molar-refractivity contribution in [3.05, 3.63) is 78.4 Å². The van der Waals surface area contributed by atoms with Crippen molar-refractivity contribution in [2.45, 2.75) is 33.4 Å². The van der Waals surface area contributed by atoms with E-state index in [0.29, 0.717) is 6.04 Å². The van der Waals surface area contributed by atoms with Crippen LogP contribution in [-0.4, -0.2) is 31.6 Å². The summed E-state index contributed by atoms with van der Waals surface area (Å²) in [6, 6.07) is 26.8. The lowest BCUT2D eigenvalue weighted by molar-refractivity contribution is 0.319. The average molecular weight is 407 g/mol. The van der Waals surface area contributed by atoms with E-state index in [-0.39, 0.29) is 0 Å². The fraction of sp³-hybridized carbons (Fsp3) is 0.250. The van der Waals surface area contributed by atoms with E-state index in [9.17, 15) is 0 Å². The molecular weight excluding hydrogens is 380 g/mol. The van der Waals surface area contributed by atoms with E-state index in [4.69, 9.17) is 0 Å². The van der Waals surface area contributed by atoms with Crippen molar-refractivity contribution in [1.29, 1.82) is 0 Å². The third-order valence-electron chi connectivity index (χ3n) is 5.17. The minimum absolute atomic E-state index is 0.463. The molecule has 28 heavy (non-hydrogen) atoms. The van der Waals surface area contributed by atoms with Gasteiger partial charge in [-0.05, 0) is 56.9 Å². The first kappa shape index (κ1) is 19.4. The molecule has 0 spiro atoms. The number of nitrogens with zero attached hydrogens (tertiary/aromatic N) is 2. The second-order valence-corrected chi connectivity index (χ2v) is 9.53. The molecule has 3 aromatic carbocycles. The molecule has 0 fully saturated rings. The lowest BCUT2D eigenvalue weighted by Gasteiger charge is -2.36. The first-order chi connectivity index (χ1) is 13.6. The molecule has 0 saturated heterocycles. The van der Waals surface area contributed by atoms with Crippen LogP contribution < -0.4 is 4.90 Å². The summed E-state index contributed by atoms with van der Waals surface area (Å²) in [5, 5.41) is 0. The zero-order valence-corrected chi connectivity index (χ0v) is 18.3. The number of likely N-dealkylation sites (N-methyl/N-ethyl adjacent to an activating group) is 1. The summed E-state index contributed by atoms with van der Waals surface area (Å²) in [5.74, 6) is 0.997. The summed E-state index contributed by atoms with van der Waals surface area (Å²) in [6.45, 7) is 3.27. The smallest absolute Gasteiger partial charge is 0.0564 e. The number of anilines is 2. The summed E-state index contributed by atoms with van der Waals surface area (Å²) in [5.41, 5.74) is 4.01. The highest BCUT2D eigenvalue weighted by Crippen LogP contribution is 2.49. The zero-order valence-electron chi connectivity index (χ0n) is 16.6. The van der Waals surface area contributed by atoms with Gasteiger partial charge >= 0.3 is 0 Å². The number of thioether (sulfide) groups is 1. The van der Waals surface area contributed by atoms with Gasteiger partial charge < -0.3 is 9.80 Å². The number of benzene rings is 3. The standard InChI is InChI=1S/C24H26N2S2/c1-18(25(2)3)16-26-21-11-7-8-12-23(21)28-24-14-13-20(15-22(24)26)27-17-19-9-5-4-6-10-19/h4-15,18H,16-17H2,1-3H3. The Kier molecular flexibility index (Phi) is 6.00. The van der Waals surface area contributed by atoms with Gasteiger partial charge in [-0.25, -0.2) is 0 Å². The predicted molar refractivity (Wildman–Crippen MR) is 123 cm³/mol. The third kappa shape index (κ3) is 4.24. The molecule has 0 saturated carbocycles. The summed E-state index contributed by atoms with van der Waals surface area (Å²) < 4.78 is 0. The molecule has 1 aliphatic heterocycles. The fourth-order valence-electron chi connectivity index (χ4n) is 3.26. The summed E-state index contributed by atoms with van der Waals surface area (Å²) in [7, 11) is 4.31. The molecule has 0 radical (unpaired) electrons. The Morgan fingerprint density at radius 2 is 1.61 bits per heavy atom. The Morgan fingerprint density at radius 1 is 0.893 bits per heavy atom. The topological polar surface area (TPSA) is 6.48 Å². The number of para-hydroxylation sites is 1. The summed E-state index contributed by atoms with van der Waals surface area (Å²) in [4.78, 5) is 8.79. The van der Waals surface area contributed by atoms with Crippen LogP contribution in [0.4, 0.5) is 11.4 Å². The van der Waals surface area contributed by atoms with Crippen LogP contribution in [-0.2, 0) is 5.75 Å². The van der Waals surface area contributed by atoms with E-state index in [0.717, 1.165) is 12.3 Å². The average Bonchev–Trinajstić information content (AvgIpc) is 2.72. The quantitative estimate of drug-likeness (QED) is 0.429. The molecule has 0 amide bonds. The van der Waals surface area contributed by atoms with E-state index in [1.165, 1.54) is 31.6 Å². The lowest BCUT2D eigenvalue weighted by Crippen LogP contribution is -2.37. The van der Waals surface area contributed by atoms with E-state index in [2.05, 4.69) is 104 Å². The minimum atomic E-state index is 0.463. The molecule has 1 atom stereocenters. The van der Waals surface area contributed by atoms with E-state index in [1.54, 1.807) is 0 Å². The molecule has 0 bridgehead atoms. The van der Waals surface area contributed by atoms with Crippen LogP contribution in [0.15, 0.2) is 87.5 Å². The minimum Gasteiger partial charge on any atom is -0.338 e. The summed E-state index contributed by atoms with van der Waals surface area (Å²) in [6.07, 6.45) is 0. The predicted octanol–water partition coefficient (Wildman–Crippen LogP) is 6.53. The summed E-state index contributed by atoms with van der Waals surface area (Å²) >= 11 is 3.79. The normalized spacial score (nSPS) is 13.9. The molecule has 0 aromatic heterocycles. The monoisotopic (exact) mass is 406 g/mol. The Labute approximate surface area is 176 Å². The Morgan fingerprint density at radius 3 is 2.39 bits per heavy atom. The molecule has 1 heterocycles. The second kappa shape index (κ2) is 8.64. The van der Waals surface area contributed by atoms with E-state index >= 15 is 0 Å². The maximum Gasteiger partial charge on any atom is 0.0564 e. The molecule has 1 unspecified atom stereocenters. The van der Waals surface area contributed by atoms with Gasteiger partial charge in [-0.2, -0.15) is 0 Å². The van der Waals surface area contributed by atoms with Gasteiger partial charge in [0.15, 0.2) is 0 Å². The fourth-order valence-corrected chi connectivity index (χ4v) is 5.23. The van der Waals surface area contributed by atoms with Gasteiger partial charge in [0.05, 0.1) is 11.4 Å². The van der Waals surface area contributed by atoms with Crippen LogP contribution in [0.5, 0.6) is 0 Å². The van der Waals surface area contributed by atoms with Crippen molar-refractivity contribution in [3.63, 3.8) is 0 Å². The van der Waals surface area contributed by atoms with Gasteiger partial charge in [-0.15, -0.1) is 11.8 Å². The lowest BCUT2D eigenvalue weighted by atomic mass is 10.2. The van der Waals surface area contributed by atoms with Gasteiger partial charge in [0, 0.05) is 33.0 Å². The Bertz CT molecular complexity index is 940. The first-order valence-corrected chi connectivity index (χ1v) is 11.4. The van der Waals surface area contributed by atoms with Gasteiger partial charge in [0.2, 0.25) is 0 Å². The zero-order chi connectivity index (χ0) is 19.5. The van der Waals surface area contributed by atoms with Crippen molar-refractivity contribution in [3.8, 4) is 0 Å². The van der Waals surface area contributed by atoms with Crippen LogP contribution in [0, 0.1) is 0 Å². The van der Waals surface area contributed by atoms with Crippen molar-refractivity contribution in [1.82, 2.24) is 4.90 Å². The van der Waals surface area contributed by atoms with Crippen molar-refractivity contribution in [2.24, 2.45) is 0 Å². The molecular formula is C24H26N2S2. The van der Waals surface area contributed by atoms with Gasteiger partial charge in [-0.1, -0.05) is 54.2 Å². The molecule has 4 rings (SSSR count). The number of fused-ring (bicyclic) bond motifs is 2. The molecule has 1 aliphatic rings. The van der Waals surface area contributed by atoms with Crippen LogP contribution in [0.1, 0.15) is 12.5 Å². The van der Waals surface area contributed by atoms with Crippen LogP contribution in [0.25, 0.3) is 0 Å². The highest BCUT2D eigenvalue weighted by molar-refractivity contribution is 8.00. The Balaban J connectivity index is 1.63. The molecule has 0 aliphatic carbocycles. The van der Waals surface area contributed by atoms with Crippen LogP contribution in [0.2, 0.25) is 0 Å². The van der Waals surface area contributed by atoms with Crippen LogP contribution >= 0.6 is 23.5 Å². The maximum absolute atomic E-state index is 2.50. The van der Waals surface area contributed by atoms with Gasteiger partial charge in [0.1, 0.15) is 0 Å². The van der Waals surface area contributed by atoms with Gasteiger partial charge in [-0.3, -0.25) is 0 Å². The largest absolute Gasteiger partial charge is 0.338 e. The second-order valence-electron chi connectivity index (χ2n) is 7.40. The number of rotatable bonds is 6. The number of hydrogen-bond donors (Lipinski definition) is 0. The van der Waals surface area contributed by atoms with E-state index in [1.807, 2.05) is 23.5 Å². The maximum atomic E-state index is 2.50. The molecule has 4 heteroatoms. The number of hydrogen-bond acceptors (Lipinski definition) is 4. The molecule has 3 aromatic rings. The van der Waals surface area contributed by atoms with E-state index < -0.39 is 0 Å². The molecule has 144 valence electrons. The molecule has 2 nitrogen and oxygen atoms in total. The van der Waals surface area contributed by atoms with Crippen molar-refractivity contribution >= 4 is 34.9 Å². The SMILES string of the molecule is CC(CN1c2ccccc2Sc2ccc(SCc3ccccc3)cc21)N(C)C.